The van der Waals surface area contributed by atoms with E-state index in [0.29, 0.717) is 6.04 Å². The van der Waals surface area contributed by atoms with E-state index in [1.165, 1.54) is 25.1 Å². The highest BCUT2D eigenvalue weighted by atomic mass is 32.1. The first-order chi connectivity index (χ1) is 7.74. The van der Waals surface area contributed by atoms with Gasteiger partial charge in [-0.1, -0.05) is 0 Å². The van der Waals surface area contributed by atoms with E-state index in [4.69, 9.17) is 0 Å². The van der Waals surface area contributed by atoms with Crippen LogP contribution >= 0.6 is 11.3 Å². The van der Waals surface area contributed by atoms with Crippen molar-refractivity contribution in [3.63, 3.8) is 0 Å². The number of hydrogen-bond acceptors (Lipinski definition) is 4. The molecule has 1 aliphatic rings. The lowest BCUT2D eigenvalue weighted by atomic mass is 9.93. The van der Waals surface area contributed by atoms with Gasteiger partial charge in [0.2, 0.25) is 0 Å². The Morgan fingerprint density at radius 3 is 3.19 bits per heavy atom. The molecule has 0 aliphatic carbocycles. The van der Waals surface area contributed by atoms with Crippen molar-refractivity contribution in [3.8, 4) is 0 Å². The quantitative estimate of drug-likeness (QED) is 0.843. The second-order valence-corrected chi connectivity index (χ2v) is 5.80. The van der Waals surface area contributed by atoms with E-state index in [-0.39, 0.29) is 0 Å². The van der Waals surface area contributed by atoms with Gasteiger partial charge in [-0.15, -0.1) is 11.3 Å². The van der Waals surface area contributed by atoms with Gasteiger partial charge >= 0.3 is 0 Å². The van der Waals surface area contributed by atoms with Crippen molar-refractivity contribution in [1.82, 2.24) is 15.6 Å². The highest BCUT2D eigenvalue weighted by Gasteiger charge is 2.17. The third kappa shape index (κ3) is 3.54. The lowest BCUT2D eigenvalue weighted by Crippen LogP contribution is -2.39. The molecule has 1 saturated heterocycles. The lowest BCUT2D eigenvalue weighted by molar-refractivity contribution is 0.304. The molecular formula is C12H21N3S. The number of nitrogens with zero attached hydrogens (tertiary/aromatic N) is 1. The molecule has 0 amide bonds. The van der Waals surface area contributed by atoms with Gasteiger partial charge in [-0.3, -0.25) is 0 Å². The summed E-state index contributed by atoms with van der Waals surface area (Å²) in [5, 5.41) is 10.3. The van der Waals surface area contributed by atoms with Crippen LogP contribution in [0.5, 0.6) is 0 Å². The van der Waals surface area contributed by atoms with E-state index >= 15 is 0 Å². The van der Waals surface area contributed by atoms with E-state index in [1.807, 2.05) is 0 Å². The normalized spacial score (nSPS) is 25.9. The van der Waals surface area contributed by atoms with Crippen LogP contribution in [0.3, 0.4) is 0 Å². The smallest absolute Gasteiger partial charge is 0.0897 e. The van der Waals surface area contributed by atoms with Gasteiger partial charge in [-0.25, -0.2) is 4.98 Å². The minimum Gasteiger partial charge on any atom is -0.314 e. The van der Waals surface area contributed by atoms with Crippen molar-refractivity contribution in [3.05, 3.63) is 16.1 Å². The molecule has 1 aromatic rings. The van der Waals surface area contributed by atoms with E-state index in [0.717, 1.165) is 24.0 Å². The Labute approximate surface area is 102 Å². The fraction of sp³-hybridized carbons (Fsp3) is 0.750. The highest BCUT2D eigenvalue weighted by molar-refractivity contribution is 7.09. The van der Waals surface area contributed by atoms with Gasteiger partial charge in [-0.2, -0.15) is 0 Å². The summed E-state index contributed by atoms with van der Waals surface area (Å²) < 4.78 is 0. The maximum atomic E-state index is 4.45. The summed E-state index contributed by atoms with van der Waals surface area (Å²) in [5.41, 5.74) is 1.18. The van der Waals surface area contributed by atoms with Crippen LogP contribution in [-0.4, -0.2) is 24.1 Å². The summed E-state index contributed by atoms with van der Waals surface area (Å²) in [4.78, 5) is 4.45. The van der Waals surface area contributed by atoms with Gasteiger partial charge in [0.25, 0.3) is 0 Å². The molecule has 1 aliphatic heterocycles. The number of hydrogen-bond donors (Lipinski definition) is 2. The van der Waals surface area contributed by atoms with Crippen molar-refractivity contribution in [2.24, 2.45) is 5.92 Å². The SMILES string of the molecule is Cc1nc(CNCC2CCNC(C)C2)cs1. The van der Waals surface area contributed by atoms with E-state index in [1.54, 1.807) is 11.3 Å². The summed E-state index contributed by atoms with van der Waals surface area (Å²) in [6.45, 7) is 7.55. The van der Waals surface area contributed by atoms with E-state index in [9.17, 15) is 0 Å². The first-order valence-corrected chi connectivity index (χ1v) is 6.97. The molecule has 2 unspecified atom stereocenters. The molecule has 2 rings (SSSR count). The molecule has 1 fully saturated rings. The zero-order valence-electron chi connectivity index (χ0n) is 10.1. The van der Waals surface area contributed by atoms with Gasteiger partial charge in [0.1, 0.15) is 0 Å². The van der Waals surface area contributed by atoms with Crippen LogP contribution < -0.4 is 10.6 Å². The molecule has 3 nitrogen and oxygen atoms in total. The van der Waals surface area contributed by atoms with Crippen molar-refractivity contribution < 1.29 is 0 Å². The van der Waals surface area contributed by atoms with Crippen LogP contribution in [0.15, 0.2) is 5.38 Å². The molecule has 2 atom stereocenters. The Kier molecular flexibility index (Phi) is 4.32. The van der Waals surface area contributed by atoms with E-state index < -0.39 is 0 Å². The number of rotatable bonds is 4. The maximum Gasteiger partial charge on any atom is 0.0897 e. The van der Waals surface area contributed by atoms with Crippen LogP contribution in [0.4, 0.5) is 0 Å². The second-order valence-electron chi connectivity index (χ2n) is 4.73. The fourth-order valence-corrected chi connectivity index (χ4v) is 2.93. The molecule has 1 aromatic heterocycles. The highest BCUT2D eigenvalue weighted by Crippen LogP contribution is 2.15. The fourth-order valence-electron chi connectivity index (χ4n) is 2.31. The average molecular weight is 239 g/mol. The van der Waals surface area contributed by atoms with Crippen molar-refractivity contribution in [1.29, 1.82) is 0 Å². The van der Waals surface area contributed by atoms with Crippen LogP contribution in [-0.2, 0) is 6.54 Å². The van der Waals surface area contributed by atoms with Crippen LogP contribution in [0.2, 0.25) is 0 Å². The van der Waals surface area contributed by atoms with Gasteiger partial charge < -0.3 is 10.6 Å². The number of aryl methyl sites for hydroxylation is 1. The molecule has 90 valence electrons. The Morgan fingerprint density at radius 1 is 1.62 bits per heavy atom. The van der Waals surface area contributed by atoms with Crippen LogP contribution in [0.25, 0.3) is 0 Å². The molecule has 2 heterocycles. The minimum absolute atomic E-state index is 0.682. The first kappa shape index (κ1) is 12.0. The van der Waals surface area contributed by atoms with Crippen molar-refractivity contribution in [2.45, 2.75) is 39.3 Å². The van der Waals surface area contributed by atoms with Crippen molar-refractivity contribution in [2.75, 3.05) is 13.1 Å². The monoisotopic (exact) mass is 239 g/mol. The second kappa shape index (κ2) is 5.75. The Bertz CT molecular complexity index is 324. The summed E-state index contributed by atoms with van der Waals surface area (Å²) in [6.07, 6.45) is 2.59. The number of thiazole rings is 1. The molecule has 4 heteroatoms. The molecule has 0 radical (unpaired) electrons. The summed E-state index contributed by atoms with van der Waals surface area (Å²) in [5.74, 6) is 0.830. The lowest BCUT2D eigenvalue weighted by Gasteiger charge is -2.28. The standard InChI is InChI=1S/C12H21N3S/c1-9-5-11(3-4-14-9)6-13-7-12-8-16-10(2)15-12/h8-9,11,13-14H,3-7H2,1-2H3. The largest absolute Gasteiger partial charge is 0.314 e. The summed E-state index contributed by atoms with van der Waals surface area (Å²) in [6, 6.07) is 0.682. The number of aromatic nitrogens is 1. The Balaban J connectivity index is 1.67. The molecule has 16 heavy (non-hydrogen) atoms. The topological polar surface area (TPSA) is 37.0 Å². The zero-order chi connectivity index (χ0) is 11.4. The predicted molar refractivity (Wildman–Crippen MR) is 68.7 cm³/mol. The molecular weight excluding hydrogens is 218 g/mol. The third-order valence-electron chi connectivity index (χ3n) is 3.14. The molecule has 2 N–H and O–H groups in total. The predicted octanol–water partition coefficient (Wildman–Crippen LogP) is 1.93. The number of nitrogens with one attached hydrogen (secondary N) is 2. The molecule has 0 saturated carbocycles. The van der Waals surface area contributed by atoms with Gasteiger partial charge in [0.15, 0.2) is 0 Å². The third-order valence-corrected chi connectivity index (χ3v) is 3.96. The maximum absolute atomic E-state index is 4.45. The van der Waals surface area contributed by atoms with Gasteiger partial charge in [0.05, 0.1) is 10.7 Å². The number of piperidine rings is 1. The van der Waals surface area contributed by atoms with Gasteiger partial charge in [0, 0.05) is 18.0 Å². The average Bonchev–Trinajstić information content (AvgIpc) is 2.64. The van der Waals surface area contributed by atoms with Crippen molar-refractivity contribution >= 4 is 11.3 Å². The minimum atomic E-state index is 0.682. The first-order valence-electron chi connectivity index (χ1n) is 6.09. The Morgan fingerprint density at radius 2 is 2.50 bits per heavy atom. The zero-order valence-corrected chi connectivity index (χ0v) is 10.9. The molecule has 0 spiro atoms. The van der Waals surface area contributed by atoms with Crippen LogP contribution in [0, 0.1) is 12.8 Å². The Hall–Kier alpha value is -0.450. The summed E-state index contributed by atoms with van der Waals surface area (Å²) in [7, 11) is 0. The van der Waals surface area contributed by atoms with E-state index in [2.05, 4.69) is 34.8 Å². The molecule has 0 aromatic carbocycles. The molecule has 0 bridgehead atoms. The summed E-state index contributed by atoms with van der Waals surface area (Å²) >= 11 is 1.73. The van der Waals surface area contributed by atoms with Crippen LogP contribution in [0.1, 0.15) is 30.5 Å². The van der Waals surface area contributed by atoms with Gasteiger partial charge in [-0.05, 0) is 45.7 Å².